The maximum absolute atomic E-state index is 13.0. The Morgan fingerprint density at radius 2 is 1.92 bits per heavy atom. The Balaban J connectivity index is 1.86. The zero-order chi connectivity index (χ0) is 18.9. The van der Waals surface area contributed by atoms with E-state index in [9.17, 15) is 19.2 Å². The summed E-state index contributed by atoms with van der Waals surface area (Å²) in [5.41, 5.74) is 0.893. The molecule has 0 spiro atoms. The Morgan fingerprint density at radius 3 is 2.50 bits per heavy atom. The zero-order valence-electron chi connectivity index (χ0n) is 14.6. The van der Waals surface area contributed by atoms with Crippen molar-refractivity contribution in [1.82, 2.24) is 10.2 Å². The van der Waals surface area contributed by atoms with E-state index in [2.05, 4.69) is 15.0 Å². The van der Waals surface area contributed by atoms with E-state index in [1.807, 2.05) is 6.07 Å². The number of amides is 1. The highest BCUT2D eigenvalue weighted by molar-refractivity contribution is 5.97. The summed E-state index contributed by atoms with van der Waals surface area (Å²) in [5.74, 6) is -1.00. The molecule has 0 radical (unpaired) electrons. The molecule has 0 aliphatic carbocycles. The molecule has 1 heterocycles. The molecule has 26 heavy (non-hydrogen) atoms. The lowest BCUT2D eigenvalue weighted by atomic mass is 10.2. The number of benzene rings is 1. The van der Waals surface area contributed by atoms with Crippen LogP contribution in [0.4, 0.5) is 10.1 Å². The zero-order valence-corrected chi connectivity index (χ0v) is 14.6. The third kappa shape index (κ3) is 5.21. The largest absolute Gasteiger partial charge is 0.469 e. The molecular formula is C18H21FN4O3. The number of hydrogen-bond donors (Lipinski definition) is 1. The van der Waals surface area contributed by atoms with E-state index in [1.54, 1.807) is 17.0 Å². The summed E-state index contributed by atoms with van der Waals surface area (Å²) in [5, 5.41) is 12.0. The molecule has 0 atom stereocenters. The van der Waals surface area contributed by atoms with Gasteiger partial charge in [-0.3, -0.25) is 9.59 Å². The van der Waals surface area contributed by atoms with E-state index in [-0.39, 0.29) is 36.2 Å². The van der Waals surface area contributed by atoms with Gasteiger partial charge < -0.3 is 19.9 Å². The van der Waals surface area contributed by atoms with Gasteiger partial charge in [-0.05, 0) is 24.3 Å². The van der Waals surface area contributed by atoms with Gasteiger partial charge in [0.15, 0.2) is 0 Å². The predicted molar refractivity (Wildman–Crippen MR) is 93.5 cm³/mol. The van der Waals surface area contributed by atoms with Gasteiger partial charge >= 0.3 is 5.97 Å². The Labute approximate surface area is 151 Å². The fraction of sp³-hybridized carbons (Fsp3) is 0.389. The second kappa shape index (κ2) is 9.42. The lowest BCUT2D eigenvalue weighted by molar-refractivity contribution is -0.140. The van der Waals surface area contributed by atoms with E-state index < -0.39 is 0 Å². The fourth-order valence-corrected chi connectivity index (χ4v) is 2.58. The third-order valence-corrected chi connectivity index (χ3v) is 4.06. The van der Waals surface area contributed by atoms with Crippen LogP contribution in [0.5, 0.6) is 0 Å². The molecule has 1 amide bonds. The van der Waals surface area contributed by atoms with Crippen LogP contribution in [-0.4, -0.2) is 56.6 Å². The van der Waals surface area contributed by atoms with Gasteiger partial charge in [0, 0.05) is 44.6 Å². The maximum atomic E-state index is 13.0. The van der Waals surface area contributed by atoms with Crippen molar-refractivity contribution in [3.63, 3.8) is 0 Å². The Morgan fingerprint density at radius 1 is 1.27 bits per heavy atom. The average Bonchev–Trinajstić information content (AvgIpc) is 2.68. The van der Waals surface area contributed by atoms with Crippen LogP contribution in [0.2, 0.25) is 0 Å². The number of piperazine rings is 1. The number of nitrogens with zero attached hydrogens (tertiary/aromatic N) is 3. The van der Waals surface area contributed by atoms with E-state index in [4.69, 9.17) is 0 Å². The number of esters is 1. The molecule has 1 fully saturated rings. The highest BCUT2D eigenvalue weighted by Crippen LogP contribution is 2.17. The number of nitrogens with one attached hydrogen (secondary N) is 1. The second-order valence-electron chi connectivity index (χ2n) is 5.71. The highest BCUT2D eigenvalue weighted by atomic mass is 19.1. The lowest BCUT2D eigenvalue weighted by Gasteiger charge is -2.36. The molecule has 7 nitrogen and oxygen atoms in total. The summed E-state index contributed by atoms with van der Waals surface area (Å²) in [6.07, 6.45) is 1.48. The monoisotopic (exact) mass is 360 g/mol. The minimum atomic E-state index is -0.368. The van der Waals surface area contributed by atoms with Gasteiger partial charge in [-0.1, -0.05) is 0 Å². The third-order valence-electron chi connectivity index (χ3n) is 4.06. The summed E-state index contributed by atoms with van der Waals surface area (Å²) in [4.78, 5) is 27.1. The molecule has 1 aromatic carbocycles. The van der Waals surface area contributed by atoms with Crippen LogP contribution in [0.1, 0.15) is 6.42 Å². The van der Waals surface area contributed by atoms with Gasteiger partial charge in [0.25, 0.3) is 5.91 Å². The van der Waals surface area contributed by atoms with Gasteiger partial charge in [0.05, 0.1) is 13.5 Å². The Bertz CT molecular complexity index is 704. The topological polar surface area (TPSA) is 85.7 Å². The summed E-state index contributed by atoms with van der Waals surface area (Å²) < 4.78 is 17.5. The van der Waals surface area contributed by atoms with Crippen LogP contribution in [-0.2, 0) is 14.3 Å². The minimum Gasteiger partial charge on any atom is -0.469 e. The standard InChI is InChI=1S/C18H21FN4O3/c1-26-17(24)6-7-21-13-14(12-20)18(25)23-10-8-22(9-11-23)16-4-2-15(19)3-5-16/h2-5,13,21H,6-11H2,1H3/b14-13-. The van der Waals surface area contributed by atoms with Crippen molar-refractivity contribution in [3.8, 4) is 6.07 Å². The molecule has 1 aliphatic rings. The number of methoxy groups -OCH3 is 1. The lowest BCUT2D eigenvalue weighted by Crippen LogP contribution is -2.49. The number of nitriles is 1. The average molecular weight is 360 g/mol. The normalized spacial score (nSPS) is 14.6. The number of ether oxygens (including phenoxy) is 1. The summed E-state index contributed by atoms with van der Waals surface area (Å²) in [6.45, 7) is 2.43. The summed E-state index contributed by atoms with van der Waals surface area (Å²) in [6, 6.07) is 8.11. The van der Waals surface area contributed by atoms with Gasteiger partial charge in [-0.2, -0.15) is 5.26 Å². The molecule has 1 aromatic rings. The van der Waals surface area contributed by atoms with Crippen molar-refractivity contribution >= 4 is 17.6 Å². The predicted octanol–water partition coefficient (Wildman–Crippen LogP) is 1.03. The first-order valence-electron chi connectivity index (χ1n) is 8.25. The van der Waals surface area contributed by atoms with E-state index in [1.165, 1.54) is 25.4 Å². The first-order valence-corrected chi connectivity index (χ1v) is 8.25. The molecule has 0 aromatic heterocycles. The number of carbonyl (C=O) groups is 2. The first-order chi connectivity index (χ1) is 12.5. The molecule has 0 saturated carbocycles. The summed E-state index contributed by atoms with van der Waals surface area (Å²) >= 11 is 0. The van der Waals surface area contributed by atoms with Crippen molar-refractivity contribution in [1.29, 1.82) is 5.26 Å². The van der Waals surface area contributed by atoms with Crippen molar-refractivity contribution in [2.45, 2.75) is 6.42 Å². The van der Waals surface area contributed by atoms with E-state index in [0.717, 1.165) is 5.69 Å². The van der Waals surface area contributed by atoms with E-state index >= 15 is 0 Å². The Kier molecular flexibility index (Phi) is 6.97. The Hall–Kier alpha value is -3.08. The van der Waals surface area contributed by atoms with Crippen LogP contribution >= 0.6 is 0 Å². The fourth-order valence-electron chi connectivity index (χ4n) is 2.58. The number of hydrogen-bond acceptors (Lipinski definition) is 6. The molecule has 8 heteroatoms. The smallest absolute Gasteiger partial charge is 0.307 e. The molecule has 0 bridgehead atoms. The van der Waals surface area contributed by atoms with Crippen molar-refractivity contribution in [3.05, 3.63) is 41.9 Å². The minimum absolute atomic E-state index is 0.00917. The van der Waals surface area contributed by atoms with Crippen molar-refractivity contribution in [2.75, 3.05) is 44.7 Å². The quantitative estimate of drug-likeness (QED) is 0.353. The van der Waals surface area contributed by atoms with Crippen LogP contribution in [0, 0.1) is 17.1 Å². The molecule has 138 valence electrons. The van der Waals surface area contributed by atoms with Gasteiger partial charge in [-0.25, -0.2) is 4.39 Å². The molecular weight excluding hydrogens is 339 g/mol. The number of carbonyl (C=O) groups excluding carboxylic acids is 2. The van der Waals surface area contributed by atoms with Gasteiger partial charge in [0.2, 0.25) is 0 Å². The highest BCUT2D eigenvalue weighted by Gasteiger charge is 2.23. The van der Waals surface area contributed by atoms with Crippen LogP contribution in [0.25, 0.3) is 0 Å². The van der Waals surface area contributed by atoms with Crippen molar-refractivity contribution in [2.24, 2.45) is 0 Å². The molecule has 2 rings (SSSR count). The molecule has 1 N–H and O–H groups in total. The number of halogens is 1. The van der Waals surface area contributed by atoms with Crippen LogP contribution in [0.15, 0.2) is 36.0 Å². The SMILES string of the molecule is COC(=O)CCN/C=C(/C#N)C(=O)N1CCN(c2ccc(F)cc2)CC1. The second-order valence-corrected chi connectivity index (χ2v) is 5.71. The maximum Gasteiger partial charge on any atom is 0.307 e. The van der Waals surface area contributed by atoms with E-state index in [0.29, 0.717) is 26.2 Å². The number of anilines is 1. The first kappa shape index (κ1) is 19.2. The number of rotatable bonds is 6. The van der Waals surface area contributed by atoms with Crippen LogP contribution < -0.4 is 10.2 Å². The molecule has 1 aliphatic heterocycles. The van der Waals surface area contributed by atoms with Gasteiger partial charge in [0.1, 0.15) is 17.5 Å². The molecule has 0 unspecified atom stereocenters. The van der Waals surface area contributed by atoms with Crippen LogP contribution in [0.3, 0.4) is 0 Å². The van der Waals surface area contributed by atoms with Gasteiger partial charge in [-0.15, -0.1) is 0 Å². The summed E-state index contributed by atoms with van der Waals surface area (Å²) in [7, 11) is 1.30. The molecule has 1 saturated heterocycles. The van der Waals surface area contributed by atoms with Crippen molar-refractivity contribution < 1.29 is 18.7 Å².